The summed E-state index contributed by atoms with van der Waals surface area (Å²) in [5.41, 5.74) is 22.8. The van der Waals surface area contributed by atoms with Crippen LogP contribution in [-0.2, 0) is 10.8 Å². The topological polar surface area (TPSA) is 9.86 Å². The van der Waals surface area contributed by atoms with Gasteiger partial charge in [0.2, 0.25) is 0 Å². The lowest BCUT2D eigenvalue weighted by Gasteiger charge is -2.22. The molecule has 11 aromatic rings. The number of rotatable bonds is 6. The molecule has 66 heavy (non-hydrogen) atoms. The second-order valence-electron chi connectivity index (χ2n) is 19.4. The Balaban J connectivity index is 0.789. The van der Waals surface area contributed by atoms with E-state index in [0.29, 0.717) is 0 Å². The molecular formula is C64H48N2. The third kappa shape index (κ3) is 5.74. The maximum Gasteiger partial charge on any atom is 0.0541 e. The van der Waals surface area contributed by atoms with E-state index >= 15 is 0 Å². The molecule has 13 rings (SSSR count). The highest BCUT2D eigenvalue weighted by molar-refractivity contribution is 6.11. The third-order valence-electron chi connectivity index (χ3n) is 14.9. The molecule has 2 aliphatic rings. The van der Waals surface area contributed by atoms with Gasteiger partial charge >= 0.3 is 0 Å². The molecule has 0 N–H and O–H groups in total. The van der Waals surface area contributed by atoms with Crippen molar-refractivity contribution in [1.29, 1.82) is 0 Å². The predicted molar refractivity (Wildman–Crippen MR) is 281 cm³/mol. The van der Waals surface area contributed by atoms with Crippen molar-refractivity contribution in [2.75, 3.05) is 0 Å². The van der Waals surface area contributed by atoms with E-state index < -0.39 is 0 Å². The molecule has 0 saturated heterocycles. The van der Waals surface area contributed by atoms with Gasteiger partial charge in [0.25, 0.3) is 0 Å². The van der Waals surface area contributed by atoms with Gasteiger partial charge in [0.05, 0.1) is 22.1 Å². The molecule has 2 aromatic heterocycles. The van der Waals surface area contributed by atoms with Gasteiger partial charge in [0.15, 0.2) is 0 Å². The quantitative estimate of drug-likeness (QED) is 0.148. The third-order valence-corrected chi connectivity index (χ3v) is 14.9. The zero-order valence-electron chi connectivity index (χ0n) is 37.7. The van der Waals surface area contributed by atoms with E-state index in [1.807, 2.05) is 0 Å². The van der Waals surface area contributed by atoms with Crippen LogP contribution in [-0.4, -0.2) is 9.13 Å². The molecule has 0 atom stereocenters. The van der Waals surface area contributed by atoms with Crippen LogP contribution in [0.4, 0.5) is 0 Å². The van der Waals surface area contributed by atoms with Crippen LogP contribution in [0, 0.1) is 0 Å². The maximum absolute atomic E-state index is 2.45. The SMILES string of the molecule is CC1(C)c2cc(/C=C/c3ccc4c(c3)c3ccccc3n4-c3ccccc3)ccc2-c2ccc(/C=C/c3ccc4c(c3)c3ccccc3n4-c3ccc4c(c3)C(C)(C)c3ccccc3-4)cc21. The molecule has 9 aromatic carbocycles. The van der Waals surface area contributed by atoms with E-state index in [9.17, 15) is 0 Å². The number of benzene rings is 9. The van der Waals surface area contributed by atoms with Crippen LogP contribution in [0.5, 0.6) is 0 Å². The highest BCUT2D eigenvalue weighted by Crippen LogP contribution is 2.51. The standard InChI is InChI=1S/C64H48N2/c1-63(2)55-19-11-8-16-47(55)50-33-30-46(40-58(50)63)66-60-21-13-10-18-52(60)54-37-42(29-35-62(54)66)23-25-44-27-32-49-48-31-26-43(38-56(48)64(3,4)57(49)39-44)24-22-41-28-34-61-53(36-41)51-17-9-12-20-59(51)65(61)45-14-6-5-7-15-45/h5-40H,1-4H3/b24-22+,25-23+. The van der Waals surface area contributed by atoms with Crippen molar-refractivity contribution in [3.63, 3.8) is 0 Å². The molecule has 314 valence electrons. The summed E-state index contributed by atoms with van der Waals surface area (Å²) < 4.78 is 4.82. The van der Waals surface area contributed by atoms with Crippen LogP contribution in [0.3, 0.4) is 0 Å². The Labute approximate surface area is 386 Å². The number of fused-ring (bicyclic) bond motifs is 12. The minimum Gasteiger partial charge on any atom is -0.309 e. The summed E-state index contributed by atoms with van der Waals surface area (Å²) >= 11 is 0. The van der Waals surface area contributed by atoms with Gasteiger partial charge < -0.3 is 9.13 Å². The number of hydrogen-bond acceptors (Lipinski definition) is 0. The van der Waals surface area contributed by atoms with Gasteiger partial charge in [-0.15, -0.1) is 0 Å². The van der Waals surface area contributed by atoms with Crippen molar-refractivity contribution in [3.05, 3.63) is 239 Å². The molecule has 0 fully saturated rings. The first-order valence-electron chi connectivity index (χ1n) is 23.2. The predicted octanol–water partition coefficient (Wildman–Crippen LogP) is 16.8. The number of hydrogen-bond donors (Lipinski definition) is 0. The minimum atomic E-state index is -0.132. The number of aromatic nitrogens is 2. The largest absolute Gasteiger partial charge is 0.309 e. The molecule has 0 spiro atoms. The fourth-order valence-corrected chi connectivity index (χ4v) is 11.5. The fourth-order valence-electron chi connectivity index (χ4n) is 11.5. The summed E-state index contributed by atoms with van der Waals surface area (Å²) in [5.74, 6) is 0. The van der Waals surface area contributed by atoms with Crippen molar-refractivity contribution >= 4 is 67.9 Å². The number of nitrogens with zero attached hydrogens (tertiary/aromatic N) is 2. The molecule has 0 saturated carbocycles. The Bertz CT molecular complexity index is 3860. The molecule has 2 heterocycles. The van der Waals surface area contributed by atoms with E-state index in [-0.39, 0.29) is 10.8 Å². The van der Waals surface area contributed by atoms with Gasteiger partial charge in [-0.3, -0.25) is 0 Å². The lowest BCUT2D eigenvalue weighted by atomic mass is 9.81. The Morgan fingerprint density at radius 2 is 0.682 bits per heavy atom. The fraction of sp³-hybridized carbons (Fsp3) is 0.0938. The van der Waals surface area contributed by atoms with Crippen molar-refractivity contribution in [2.45, 2.75) is 38.5 Å². The van der Waals surface area contributed by atoms with Crippen LogP contribution in [0.2, 0.25) is 0 Å². The summed E-state index contributed by atoms with van der Waals surface area (Å²) in [4.78, 5) is 0. The smallest absolute Gasteiger partial charge is 0.0541 e. The summed E-state index contributed by atoms with van der Waals surface area (Å²) in [6.45, 7) is 9.47. The molecule has 2 heteroatoms. The molecular weight excluding hydrogens is 797 g/mol. The van der Waals surface area contributed by atoms with Crippen LogP contribution < -0.4 is 0 Å². The van der Waals surface area contributed by atoms with Gasteiger partial charge in [0, 0.05) is 43.7 Å². The lowest BCUT2D eigenvalue weighted by Crippen LogP contribution is -2.15. The Hall–Kier alpha value is -7.94. The summed E-state index contributed by atoms with van der Waals surface area (Å²) in [7, 11) is 0. The highest BCUT2D eigenvalue weighted by Gasteiger charge is 2.37. The molecule has 0 unspecified atom stereocenters. The lowest BCUT2D eigenvalue weighted by molar-refractivity contribution is 0.660. The molecule has 0 amide bonds. The Morgan fingerprint density at radius 3 is 1.26 bits per heavy atom. The van der Waals surface area contributed by atoms with E-state index in [2.05, 4.69) is 255 Å². The first-order valence-corrected chi connectivity index (χ1v) is 23.2. The van der Waals surface area contributed by atoms with E-state index in [1.54, 1.807) is 0 Å². The summed E-state index contributed by atoms with van der Waals surface area (Å²) in [6.07, 6.45) is 9.08. The molecule has 2 aliphatic carbocycles. The molecule has 0 aliphatic heterocycles. The van der Waals surface area contributed by atoms with Gasteiger partial charge in [-0.1, -0.05) is 185 Å². The second kappa shape index (κ2) is 14.3. The zero-order valence-corrected chi connectivity index (χ0v) is 37.7. The van der Waals surface area contributed by atoms with Gasteiger partial charge in [-0.05, 0) is 127 Å². The van der Waals surface area contributed by atoms with E-state index in [4.69, 9.17) is 0 Å². The summed E-state index contributed by atoms with van der Waals surface area (Å²) in [6, 6.07) is 71.9. The molecule has 0 bridgehead atoms. The van der Waals surface area contributed by atoms with Crippen LogP contribution >= 0.6 is 0 Å². The molecule has 0 radical (unpaired) electrons. The minimum absolute atomic E-state index is 0.0559. The normalized spacial score (nSPS) is 14.5. The monoisotopic (exact) mass is 844 g/mol. The average molecular weight is 845 g/mol. The first kappa shape index (κ1) is 38.5. The second-order valence-corrected chi connectivity index (χ2v) is 19.4. The van der Waals surface area contributed by atoms with Crippen LogP contribution in [0.1, 0.15) is 72.2 Å². The first-order chi connectivity index (χ1) is 32.2. The Kier molecular flexibility index (Phi) is 8.33. The average Bonchev–Trinajstić information content (AvgIpc) is 4.01. The van der Waals surface area contributed by atoms with Crippen molar-refractivity contribution in [3.8, 4) is 33.6 Å². The van der Waals surface area contributed by atoms with Crippen molar-refractivity contribution in [1.82, 2.24) is 9.13 Å². The van der Waals surface area contributed by atoms with E-state index in [1.165, 1.54) is 122 Å². The van der Waals surface area contributed by atoms with Crippen LogP contribution in [0.15, 0.2) is 194 Å². The molecule has 2 nitrogen and oxygen atoms in total. The van der Waals surface area contributed by atoms with Gasteiger partial charge in [-0.2, -0.15) is 0 Å². The summed E-state index contributed by atoms with van der Waals surface area (Å²) in [5, 5.41) is 5.07. The maximum atomic E-state index is 2.45. The number of para-hydroxylation sites is 3. The van der Waals surface area contributed by atoms with Crippen LogP contribution in [0.25, 0.3) is 102 Å². The van der Waals surface area contributed by atoms with Crippen molar-refractivity contribution < 1.29 is 0 Å². The van der Waals surface area contributed by atoms with Gasteiger partial charge in [0.1, 0.15) is 0 Å². The van der Waals surface area contributed by atoms with Crippen molar-refractivity contribution in [2.24, 2.45) is 0 Å². The Morgan fingerprint density at radius 1 is 0.288 bits per heavy atom. The highest BCUT2D eigenvalue weighted by atomic mass is 15.0. The zero-order chi connectivity index (χ0) is 44.3. The van der Waals surface area contributed by atoms with Gasteiger partial charge in [-0.25, -0.2) is 0 Å². The van der Waals surface area contributed by atoms with E-state index in [0.717, 1.165) is 0 Å².